The average Bonchev–Trinajstić information content (AvgIpc) is 3.81. The predicted molar refractivity (Wildman–Crippen MR) is 172 cm³/mol. The lowest BCUT2D eigenvalue weighted by molar-refractivity contribution is 0.0402. The van der Waals surface area contributed by atoms with Crippen LogP contribution < -0.4 is 16.2 Å². The molecule has 11 nitrogen and oxygen atoms in total. The van der Waals surface area contributed by atoms with Gasteiger partial charge in [0, 0.05) is 64.4 Å². The van der Waals surface area contributed by atoms with Crippen LogP contribution in [-0.4, -0.2) is 117 Å². The van der Waals surface area contributed by atoms with Gasteiger partial charge in [0.1, 0.15) is 5.52 Å². The van der Waals surface area contributed by atoms with Crippen molar-refractivity contribution in [3.05, 3.63) is 10.5 Å². The molecule has 2 aliphatic heterocycles. The van der Waals surface area contributed by atoms with E-state index in [9.17, 15) is 4.79 Å². The smallest absolute Gasteiger partial charge is 0.329 e. The molecule has 2 aromatic rings. The van der Waals surface area contributed by atoms with Crippen molar-refractivity contribution in [1.82, 2.24) is 39.1 Å². The van der Waals surface area contributed by atoms with Crippen LogP contribution in [0.25, 0.3) is 11.2 Å². The van der Waals surface area contributed by atoms with E-state index in [2.05, 4.69) is 36.5 Å². The van der Waals surface area contributed by atoms with Gasteiger partial charge in [-0.2, -0.15) is 9.97 Å². The third kappa shape index (κ3) is 7.37. The predicted octanol–water partition coefficient (Wildman–Crippen LogP) is 3.67. The van der Waals surface area contributed by atoms with Crippen LogP contribution in [0.4, 0.5) is 5.82 Å². The second-order valence-electron chi connectivity index (χ2n) is 13.4. The van der Waals surface area contributed by atoms with Crippen molar-refractivity contribution in [2.75, 3.05) is 71.2 Å². The molecule has 0 aromatic carbocycles. The number of hydrogen-bond donors (Lipinski definition) is 2. The van der Waals surface area contributed by atoms with Gasteiger partial charge in [0.15, 0.2) is 11.5 Å². The summed E-state index contributed by atoms with van der Waals surface area (Å²) in [5.41, 5.74) is 7.24. The third-order valence-electron chi connectivity index (χ3n) is 10.6. The Morgan fingerprint density at radius 2 is 1.49 bits per heavy atom. The highest BCUT2D eigenvalue weighted by atomic mass is 16.5. The highest BCUT2D eigenvalue weighted by molar-refractivity contribution is 5.82. The molecule has 2 aromatic heterocycles. The van der Waals surface area contributed by atoms with Crippen molar-refractivity contribution < 1.29 is 4.74 Å². The molecule has 2 saturated heterocycles. The molecule has 0 radical (unpaired) electrons. The number of anilines is 1. The van der Waals surface area contributed by atoms with E-state index in [1.807, 2.05) is 4.57 Å². The van der Waals surface area contributed by atoms with Crippen molar-refractivity contribution in [3.63, 3.8) is 0 Å². The number of unbranched alkanes of at least 4 members (excludes halogenated alkanes) is 2. The number of imidazole rings is 1. The Hall–Kier alpha value is -2.21. The molecule has 11 heteroatoms. The number of nitrogens with two attached hydrogens (primary N) is 1. The number of nitrogens with zero attached hydrogens (tertiary/aromatic N) is 7. The molecule has 0 spiro atoms. The number of H-pyrrole nitrogens is 1. The molecular formula is C32H55N9O2. The highest BCUT2D eigenvalue weighted by Gasteiger charge is 2.32. The molecule has 3 N–H and O–H groups in total. The Balaban J connectivity index is 1.13. The number of piperazine rings is 2. The molecule has 4 fully saturated rings. The fraction of sp³-hybridized carbons (Fsp3) is 0.844. The summed E-state index contributed by atoms with van der Waals surface area (Å²) in [7, 11) is 0. The molecule has 2 aliphatic carbocycles. The van der Waals surface area contributed by atoms with E-state index in [1.54, 1.807) is 0 Å². The molecule has 0 amide bonds. The first kappa shape index (κ1) is 30.8. The summed E-state index contributed by atoms with van der Waals surface area (Å²) in [5, 5.41) is 0. The van der Waals surface area contributed by atoms with Gasteiger partial charge in [-0.15, -0.1) is 0 Å². The molecule has 2 saturated carbocycles. The van der Waals surface area contributed by atoms with Crippen molar-refractivity contribution in [3.8, 4) is 6.01 Å². The van der Waals surface area contributed by atoms with Crippen LogP contribution in [0.5, 0.6) is 6.01 Å². The van der Waals surface area contributed by atoms with Gasteiger partial charge in [-0.05, 0) is 57.9 Å². The van der Waals surface area contributed by atoms with E-state index in [0.717, 1.165) is 76.9 Å². The SMILES string of the molecule is CCCCOc1nc(N)c2[nH]c(=O)n(C(CCCCN3CCN(C4CCCC4)CC3)N3CCN(C4CCCC4)CC3)c2n1. The summed E-state index contributed by atoms with van der Waals surface area (Å²) in [5.74, 6) is 0.272. The minimum atomic E-state index is -0.159. The van der Waals surface area contributed by atoms with E-state index in [1.165, 1.54) is 77.5 Å². The molecule has 4 aliphatic rings. The normalized spacial score (nSPS) is 23.1. The van der Waals surface area contributed by atoms with Crippen molar-refractivity contribution in [2.24, 2.45) is 0 Å². The number of nitrogen functional groups attached to an aromatic ring is 1. The number of rotatable bonds is 13. The summed E-state index contributed by atoms with van der Waals surface area (Å²) in [6, 6.07) is 1.83. The Labute approximate surface area is 257 Å². The number of hydrogen-bond acceptors (Lipinski definition) is 9. The van der Waals surface area contributed by atoms with Gasteiger partial charge in [0.05, 0.1) is 12.8 Å². The molecule has 240 valence electrons. The topological polar surface area (TPSA) is 112 Å². The van der Waals surface area contributed by atoms with Gasteiger partial charge in [0.25, 0.3) is 0 Å². The number of aromatic nitrogens is 4. The standard InChI is InChI=1S/C32H55N9O2/c1-2-3-24-43-31-35-29(33)28-30(36-31)41(32(42)34-28)27(40-22-20-39(21-23-40)26-12-6-7-13-26)14-8-9-15-37-16-18-38(19-17-37)25-10-4-5-11-25/h25-27H,2-24H2,1H3,(H,34,42)(H2,33,35,36). The molecule has 1 unspecified atom stereocenters. The van der Waals surface area contributed by atoms with Gasteiger partial charge in [0.2, 0.25) is 0 Å². The van der Waals surface area contributed by atoms with Gasteiger partial charge in [-0.1, -0.05) is 39.0 Å². The minimum absolute atomic E-state index is 0.0658. The summed E-state index contributed by atoms with van der Waals surface area (Å²) in [4.78, 5) is 36.2. The second kappa shape index (κ2) is 14.7. The van der Waals surface area contributed by atoms with Crippen LogP contribution in [-0.2, 0) is 0 Å². The van der Waals surface area contributed by atoms with E-state index < -0.39 is 0 Å². The maximum Gasteiger partial charge on any atom is 0.329 e. The van der Waals surface area contributed by atoms with E-state index in [-0.39, 0.29) is 23.7 Å². The molecule has 0 bridgehead atoms. The zero-order chi connectivity index (χ0) is 29.6. The van der Waals surface area contributed by atoms with Gasteiger partial charge < -0.3 is 20.4 Å². The van der Waals surface area contributed by atoms with Crippen molar-refractivity contribution >= 4 is 17.0 Å². The summed E-state index contributed by atoms with van der Waals surface area (Å²) in [6.45, 7) is 12.6. The molecular weight excluding hydrogens is 542 g/mol. The van der Waals surface area contributed by atoms with E-state index >= 15 is 0 Å². The zero-order valence-corrected chi connectivity index (χ0v) is 26.5. The van der Waals surface area contributed by atoms with E-state index in [4.69, 9.17) is 15.5 Å². The lowest BCUT2D eigenvalue weighted by Gasteiger charge is -2.42. The third-order valence-corrected chi connectivity index (χ3v) is 10.6. The fourth-order valence-electron chi connectivity index (χ4n) is 8.08. The summed E-state index contributed by atoms with van der Waals surface area (Å²) >= 11 is 0. The maximum absolute atomic E-state index is 13.5. The van der Waals surface area contributed by atoms with Crippen LogP contribution in [0, 0.1) is 0 Å². The number of fused-ring (bicyclic) bond motifs is 1. The quantitative estimate of drug-likeness (QED) is 0.334. The van der Waals surface area contributed by atoms with Gasteiger partial charge in [-0.3, -0.25) is 19.3 Å². The van der Waals surface area contributed by atoms with Crippen LogP contribution >= 0.6 is 0 Å². The first-order valence-corrected chi connectivity index (χ1v) is 17.5. The maximum atomic E-state index is 13.5. The lowest BCUT2D eigenvalue weighted by atomic mass is 10.1. The Morgan fingerprint density at radius 3 is 2.12 bits per heavy atom. The highest BCUT2D eigenvalue weighted by Crippen LogP contribution is 2.30. The first-order valence-electron chi connectivity index (χ1n) is 17.5. The first-order chi connectivity index (χ1) is 21.1. The molecule has 6 rings (SSSR count). The monoisotopic (exact) mass is 597 g/mol. The largest absolute Gasteiger partial charge is 0.463 e. The van der Waals surface area contributed by atoms with Crippen molar-refractivity contribution in [2.45, 2.75) is 109 Å². The van der Waals surface area contributed by atoms with Gasteiger partial charge >= 0.3 is 11.7 Å². The Kier molecular flexibility index (Phi) is 10.5. The second-order valence-corrected chi connectivity index (χ2v) is 13.4. The Bertz CT molecular complexity index is 1200. The summed E-state index contributed by atoms with van der Waals surface area (Å²) < 4.78 is 7.69. The Morgan fingerprint density at radius 1 is 0.860 bits per heavy atom. The number of ether oxygens (including phenoxy) is 1. The fourth-order valence-corrected chi connectivity index (χ4v) is 8.08. The van der Waals surface area contributed by atoms with Crippen LogP contribution in [0.2, 0.25) is 0 Å². The van der Waals surface area contributed by atoms with Crippen LogP contribution in [0.15, 0.2) is 4.79 Å². The van der Waals surface area contributed by atoms with E-state index in [0.29, 0.717) is 17.8 Å². The van der Waals surface area contributed by atoms with Crippen LogP contribution in [0.3, 0.4) is 0 Å². The number of aromatic amines is 1. The number of nitrogens with one attached hydrogen (secondary N) is 1. The lowest BCUT2D eigenvalue weighted by Crippen LogP contribution is -2.52. The minimum Gasteiger partial charge on any atom is -0.463 e. The zero-order valence-electron chi connectivity index (χ0n) is 26.5. The summed E-state index contributed by atoms with van der Waals surface area (Å²) in [6.07, 6.45) is 16.0. The van der Waals surface area contributed by atoms with Gasteiger partial charge in [-0.25, -0.2) is 4.79 Å². The van der Waals surface area contributed by atoms with Crippen molar-refractivity contribution in [1.29, 1.82) is 0 Å². The molecule has 43 heavy (non-hydrogen) atoms. The molecule has 1 atom stereocenters. The molecule has 4 heterocycles. The van der Waals surface area contributed by atoms with Crippen LogP contribution in [0.1, 0.15) is 96.6 Å². The average molecular weight is 598 g/mol.